The first kappa shape index (κ1) is 14.5. The summed E-state index contributed by atoms with van der Waals surface area (Å²) in [6.45, 7) is 4.15. The molecule has 0 bridgehead atoms. The fourth-order valence-electron chi connectivity index (χ4n) is 3.36. The predicted octanol–water partition coefficient (Wildman–Crippen LogP) is 3.73. The highest BCUT2D eigenvalue weighted by Gasteiger charge is 2.25. The fourth-order valence-corrected chi connectivity index (χ4v) is 3.36. The van der Waals surface area contributed by atoms with E-state index in [1.54, 1.807) is 0 Å². The number of benzene rings is 1. The molecular formula is C17H28N2. The highest BCUT2D eigenvalue weighted by atomic mass is 14.9. The lowest BCUT2D eigenvalue weighted by Crippen LogP contribution is -2.45. The monoisotopic (exact) mass is 260 g/mol. The molecule has 1 atom stereocenters. The second-order valence-electron chi connectivity index (χ2n) is 6.54. The van der Waals surface area contributed by atoms with Crippen molar-refractivity contribution in [3.05, 3.63) is 35.4 Å². The molecule has 2 heteroatoms. The smallest absolute Gasteiger partial charge is 0.0495 e. The second kappa shape index (κ2) is 6.06. The molecular weight excluding hydrogens is 232 g/mol. The average Bonchev–Trinajstić information content (AvgIpc) is 2.40. The Bertz CT molecular complexity index is 383. The number of hydrogen-bond acceptors (Lipinski definition) is 2. The SMILES string of the molecule is CNC(c1ccc(C2CCCCC2)cc1)C(C)(C)N. The van der Waals surface area contributed by atoms with Crippen LogP contribution in [-0.2, 0) is 0 Å². The molecule has 2 nitrogen and oxygen atoms in total. The Balaban J connectivity index is 2.13. The van der Waals surface area contributed by atoms with Gasteiger partial charge in [-0.25, -0.2) is 0 Å². The van der Waals surface area contributed by atoms with Crippen molar-refractivity contribution in [3.8, 4) is 0 Å². The van der Waals surface area contributed by atoms with Crippen molar-refractivity contribution in [1.29, 1.82) is 0 Å². The average molecular weight is 260 g/mol. The molecule has 1 aliphatic carbocycles. The molecule has 2 rings (SSSR count). The summed E-state index contributed by atoms with van der Waals surface area (Å²) in [4.78, 5) is 0. The van der Waals surface area contributed by atoms with Gasteiger partial charge in [-0.05, 0) is 50.8 Å². The van der Waals surface area contributed by atoms with Crippen LogP contribution in [0.25, 0.3) is 0 Å². The molecule has 1 fully saturated rings. The van der Waals surface area contributed by atoms with Crippen LogP contribution in [0.5, 0.6) is 0 Å². The molecule has 0 amide bonds. The number of rotatable bonds is 4. The topological polar surface area (TPSA) is 38.0 Å². The summed E-state index contributed by atoms with van der Waals surface area (Å²) >= 11 is 0. The minimum absolute atomic E-state index is 0.202. The third kappa shape index (κ3) is 3.58. The number of nitrogens with two attached hydrogens (primary N) is 1. The first-order valence-electron chi connectivity index (χ1n) is 7.58. The Morgan fingerprint density at radius 2 is 1.68 bits per heavy atom. The first-order chi connectivity index (χ1) is 9.02. The van der Waals surface area contributed by atoms with Gasteiger partial charge in [-0.2, -0.15) is 0 Å². The summed E-state index contributed by atoms with van der Waals surface area (Å²) in [5, 5.41) is 3.33. The summed E-state index contributed by atoms with van der Waals surface area (Å²) in [5.74, 6) is 0.779. The van der Waals surface area contributed by atoms with Gasteiger partial charge in [-0.1, -0.05) is 43.5 Å². The quantitative estimate of drug-likeness (QED) is 0.865. The van der Waals surface area contributed by atoms with E-state index < -0.39 is 0 Å². The second-order valence-corrected chi connectivity index (χ2v) is 6.54. The van der Waals surface area contributed by atoms with Crippen LogP contribution < -0.4 is 11.1 Å². The van der Waals surface area contributed by atoms with E-state index in [1.165, 1.54) is 43.2 Å². The van der Waals surface area contributed by atoms with Crippen molar-refractivity contribution in [3.63, 3.8) is 0 Å². The summed E-state index contributed by atoms with van der Waals surface area (Å²) in [7, 11) is 1.98. The van der Waals surface area contributed by atoms with Crippen molar-refractivity contribution in [1.82, 2.24) is 5.32 Å². The lowest BCUT2D eigenvalue weighted by Gasteiger charge is -2.31. The van der Waals surface area contributed by atoms with E-state index in [0.717, 1.165) is 5.92 Å². The predicted molar refractivity (Wildman–Crippen MR) is 82.3 cm³/mol. The third-order valence-corrected chi connectivity index (χ3v) is 4.38. The van der Waals surface area contributed by atoms with Gasteiger partial charge < -0.3 is 11.1 Å². The van der Waals surface area contributed by atoms with Gasteiger partial charge in [0.1, 0.15) is 0 Å². The van der Waals surface area contributed by atoms with Gasteiger partial charge >= 0.3 is 0 Å². The van der Waals surface area contributed by atoms with Crippen molar-refractivity contribution >= 4 is 0 Å². The summed E-state index contributed by atoms with van der Waals surface area (Å²) in [5.41, 5.74) is 8.79. The zero-order valence-corrected chi connectivity index (χ0v) is 12.6. The van der Waals surface area contributed by atoms with Crippen LogP contribution in [-0.4, -0.2) is 12.6 Å². The largest absolute Gasteiger partial charge is 0.324 e. The molecule has 106 valence electrons. The maximum Gasteiger partial charge on any atom is 0.0495 e. The Kier molecular flexibility index (Phi) is 4.64. The van der Waals surface area contributed by atoms with Crippen LogP contribution in [0, 0.1) is 0 Å². The van der Waals surface area contributed by atoms with Crippen molar-refractivity contribution in [2.45, 2.75) is 63.5 Å². The molecule has 0 saturated heterocycles. The van der Waals surface area contributed by atoms with E-state index >= 15 is 0 Å². The summed E-state index contributed by atoms with van der Waals surface area (Å²) in [6.07, 6.45) is 6.91. The molecule has 0 aromatic heterocycles. The van der Waals surface area contributed by atoms with E-state index in [0.29, 0.717) is 0 Å². The molecule has 1 unspecified atom stereocenters. The first-order valence-corrected chi connectivity index (χ1v) is 7.58. The maximum atomic E-state index is 6.24. The van der Waals surface area contributed by atoms with Crippen molar-refractivity contribution in [2.24, 2.45) is 5.73 Å². The van der Waals surface area contributed by atoms with Gasteiger partial charge in [0.15, 0.2) is 0 Å². The van der Waals surface area contributed by atoms with Crippen LogP contribution in [0.3, 0.4) is 0 Å². The molecule has 19 heavy (non-hydrogen) atoms. The van der Waals surface area contributed by atoms with Gasteiger partial charge in [0.2, 0.25) is 0 Å². The minimum atomic E-state index is -0.249. The molecule has 1 aromatic rings. The zero-order chi connectivity index (χ0) is 13.9. The van der Waals surface area contributed by atoms with E-state index in [4.69, 9.17) is 5.73 Å². The maximum absolute atomic E-state index is 6.24. The molecule has 0 heterocycles. The Morgan fingerprint density at radius 1 is 1.11 bits per heavy atom. The van der Waals surface area contributed by atoms with Crippen LogP contribution in [0.15, 0.2) is 24.3 Å². The van der Waals surface area contributed by atoms with Gasteiger partial charge in [0.05, 0.1) is 0 Å². The lowest BCUT2D eigenvalue weighted by atomic mass is 9.83. The van der Waals surface area contributed by atoms with Crippen LogP contribution >= 0.6 is 0 Å². The van der Waals surface area contributed by atoms with Crippen molar-refractivity contribution < 1.29 is 0 Å². The zero-order valence-electron chi connectivity index (χ0n) is 12.6. The lowest BCUT2D eigenvalue weighted by molar-refractivity contribution is 0.370. The Labute approximate surface area is 117 Å². The van der Waals surface area contributed by atoms with Crippen LogP contribution in [0.4, 0.5) is 0 Å². The Hall–Kier alpha value is -0.860. The van der Waals surface area contributed by atoms with Crippen LogP contribution in [0.2, 0.25) is 0 Å². The van der Waals surface area contributed by atoms with E-state index in [9.17, 15) is 0 Å². The molecule has 0 radical (unpaired) electrons. The molecule has 3 N–H and O–H groups in total. The third-order valence-electron chi connectivity index (χ3n) is 4.38. The van der Waals surface area contributed by atoms with E-state index in [-0.39, 0.29) is 11.6 Å². The molecule has 1 aliphatic rings. The minimum Gasteiger partial charge on any atom is -0.324 e. The summed E-state index contributed by atoms with van der Waals surface area (Å²) in [6, 6.07) is 9.32. The molecule has 1 aromatic carbocycles. The highest BCUT2D eigenvalue weighted by molar-refractivity contribution is 5.29. The molecule has 0 spiro atoms. The van der Waals surface area contributed by atoms with Crippen molar-refractivity contribution in [2.75, 3.05) is 7.05 Å². The number of nitrogens with one attached hydrogen (secondary N) is 1. The Morgan fingerprint density at radius 3 is 2.16 bits per heavy atom. The van der Waals surface area contributed by atoms with Gasteiger partial charge in [0.25, 0.3) is 0 Å². The van der Waals surface area contributed by atoms with Gasteiger partial charge in [-0.3, -0.25) is 0 Å². The molecule has 1 saturated carbocycles. The highest BCUT2D eigenvalue weighted by Crippen LogP contribution is 2.33. The van der Waals surface area contributed by atoms with E-state index in [2.05, 4.69) is 43.4 Å². The number of likely N-dealkylation sites (N-methyl/N-ethyl adjacent to an activating group) is 1. The fraction of sp³-hybridized carbons (Fsp3) is 0.647. The number of hydrogen-bond donors (Lipinski definition) is 2. The normalized spacial score (nSPS) is 19.4. The summed E-state index contributed by atoms with van der Waals surface area (Å²) < 4.78 is 0. The van der Waals surface area contributed by atoms with Gasteiger partial charge in [-0.15, -0.1) is 0 Å². The van der Waals surface area contributed by atoms with Crippen LogP contribution in [0.1, 0.15) is 69.0 Å². The molecule has 0 aliphatic heterocycles. The van der Waals surface area contributed by atoms with Gasteiger partial charge in [0, 0.05) is 11.6 Å². The standard InChI is InChI=1S/C17H28N2/c1-17(2,18)16(19-3)15-11-9-14(10-12-15)13-7-5-4-6-8-13/h9-13,16,19H,4-8,18H2,1-3H3. The van der Waals surface area contributed by atoms with E-state index in [1.807, 2.05) is 7.05 Å².